The molecule has 1 fully saturated rings. The molecular weight excluding hydrogens is 257 g/mol. The lowest BCUT2D eigenvalue weighted by Crippen LogP contribution is -2.41. The van der Waals surface area contributed by atoms with Gasteiger partial charge in [-0.3, -0.25) is 4.79 Å². The van der Waals surface area contributed by atoms with Gasteiger partial charge >= 0.3 is 0 Å². The lowest BCUT2D eigenvalue weighted by Gasteiger charge is -2.26. The van der Waals surface area contributed by atoms with Crippen LogP contribution in [-0.2, 0) is 11.3 Å². The molecule has 0 bridgehead atoms. The predicted molar refractivity (Wildman–Crippen MR) is 73.3 cm³/mol. The summed E-state index contributed by atoms with van der Waals surface area (Å²) in [5.74, 6) is -0.450. The number of amides is 1. The minimum atomic E-state index is -0.507. The van der Waals surface area contributed by atoms with Crippen LogP contribution >= 0.6 is 0 Å². The first-order chi connectivity index (χ1) is 9.72. The van der Waals surface area contributed by atoms with E-state index >= 15 is 0 Å². The number of nitriles is 1. The molecule has 0 radical (unpaired) electrons. The van der Waals surface area contributed by atoms with E-state index in [0.717, 1.165) is 25.9 Å². The van der Waals surface area contributed by atoms with Crippen molar-refractivity contribution in [3.05, 3.63) is 35.1 Å². The van der Waals surface area contributed by atoms with Crippen molar-refractivity contribution in [1.29, 1.82) is 5.26 Å². The highest BCUT2D eigenvalue weighted by Crippen LogP contribution is 2.12. The summed E-state index contributed by atoms with van der Waals surface area (Å²) < 4.78 is 13.8. The summed E-state index contributed by atoms with van der Waals surface area (Å²) in [6.07, 6.45) is 3.30. The number of carbonyl (C=O) groups is 1. The van der Waals surface area contributed by atoms with Crippen molar-refractivity contribution < 1.29 is 9.18 Å². The Morgan fingerprint density at radius 1 is 1.35 bits per heavy atom. The number of benzene rings is 1. The number of likely N-dealkylation sites (tertiary alicyclic amines) is 1. The monoisotopic (exact) mass is 275 g/mol. The first-order valence-corrected chi connectivity index (χ1v) is 6.88. The van der Waals surface area contributed by atoms with Gasteiger partial charge in [0.2, 0.25) is 5.91 Å². The van der Waals surface area contributed by atoms with Gasteiger partial charge in [0.25, 0.3) is 0 Å². The molecule has 0 atom stereocenters. The van der Waals surface area contributed by atoms with Crippen LogP contribution in [-0.4, -0.2) is 30.4 Å². The molecule has 4 nitrogen and oxygen atoms in total. The smallest absolute Gasteiger partial charge is 0.236 e. The Kier molecular flexibility index (Phi) is 5.08. The highest BCUT2D eigenvalue weighted by molar-refractivity contribution is 5.78. The van der Waals surface area contributed by atoms with Gasteiger partial charge < -0.3 is 10.2 Å². The van der Waals surface area contributed by atoms with Crippen LogP contribution in [0.25, 0.3) is 0 Å². The SMILES string of the molecule is N#Cc1cccc(CNCC(=O)N2CCCCC2)c1F. The Bertz CT molecular complexity index is 518. The van der Waals surface area contributed by atoms with Crippen LogP contribution in [0.2, 0.25) is 0 Å². The Morgan fingerprint density at radius 3 is 2.80 bits per heavy atom. The maximum atomic E-state index is 13.8. The predicted octanol–water partition coefficient (Wildman–Crippen LogP) is 1.80. The van der Waals surface area contributed by atoms with E-state index in [1.165, 1.54) is 12.5 Å². The second kappa shape index (κ2) is 7.01. The quantitative estimate of drug-likeness (QED) is 0.911. The van der Waals surface area contributed by atoms with Crippen LogP contribution in [0, 0.1) is 17.1 Å². The first kappa shape index (κ1) is 14.5. The van der Waals surface area contributed by atoms with Crippen LogP contribution in [0.1, 0.15) is 30.4 Å². The molecule has 0 unspecified atom stereocenters. The minimum Gasteiger partial charge on any atom is -0.342 e. The molecular formula is C15H18FN3O. The summed E-state index contributed by atoms with van der Waals surface area (Å²) in [6, 6.07) is 6.51. The Hall–Kier alpha value is -1.93. The third-order valence-corrected chi connectivity index (χ3v) is 3.50. The third-order valence-electron chi connectivity index (χ3n) is 3.50. The topological polar surface area (TPSA) is 56.1 Å². The number of nitrogens with one attached hydrogen (secondary N) is 1. The lowest BCUT2D eigenvalue weighted by molar-refractivity contribution is -0.131. The standard InChI is InChI=1S/C15H18FN3O/c16-15-12(9-17)5-4-6-13(15)10-18-11-14(20)19-7-2-1-3-8-19/h4-6,18H,1-3,7-8,10-11H2. The second-order valence-corrected chi connectivity index (χ2v) is 4.94. The largest absolute Gasteiger partial charge is 0.342 e. The second-order valence-electron chi connectivity index (χ2n) is 4.94. The van der Waals surface area contributed by atoms with Gasteiger partial charge in [0.15, 0.2) is 0 Å². The number of hydrogen-bond acceptors (Lipinski definition) is 3. The van der Waals surface area contributed by atoms with E-state index in [0.29, 0.717) is 5.56 Å². The summed E-state index contributed by atoms with van der Waals surface area (Å²) in [7, 11) is 0. The van der Waals surface area contributed by atoms with Crippen LogP contribution in [0.3, 0.4) is 0 Å². The van der Waals surface area contributed by atoms with Crippen molar-refractivity contribution in [1.82, 2.24) is 10.2 Å². The molecule has 0 spiro atoms. The van der Waals surface area contributed by atoms with E-state index in [-0.39, 0.29) is 24.6 Å². The van der Waals surface area contributed by atoms with Crippen molar-refractivity contribution >= 4 is 5.91 Å². The average Bonchev–Trinajstić information content (AvgIpc) is 2.49. The van der Waals surface area contributed by atoms with E-state index in [2.05, 4.69) is 5.32 Å². The molecule has 106 valence electrons. The zero-order valence-corrected chi connectivity index (χ0v) is 11.4. The third kappa shape index (κ3) is 3.55. The molecule has 1 aliphatic heterocycles. The van der Waals surface area contributed by atoms with Crippen LogP contribution in [0.15, 0.2) is 18.2 Å². The number of halogens is 1. The van der Waals surface area contributed by atoms with Gasteiger partial charge in [-0.2, -0.15) is 5.26 Å². The molecule has 1 N–H and O–H groups in total. The van der Waals surface area contributed by atoms with Gasteiger partial charge in [-0.25, -0.2) is 4.39 Å². The zero-order chi connectivity index (χ0) is 14.4. The van der Waals surface area contributed by atoms with E-state index < -0.39 is 5.82 Å². The van der Waals surface area contributed by atoms with Gasteiger partial charge in [-0.15, -0.1) is 0 Å². The van der Waals surface area contributed by atoms with Crippen molar-refractivity contribution in [2.75, 3.05) is 19.6 Å². The fourth-order valence-electron chi connectivity index (χ4n) is 2.36. The molecule has 20 heavy (non-hydrogen) atoms. The van der Waals surface area contributed by atoms with E-state index in [1.807, 2.05) is 11.0 Å². The maximum absolute atomic E-state index is 13.8. The van der Waals surface area contributed by atoms with Crippen molar-refractivity contribution in [3.8, 4) is 6.07 Å². The average molecular weight is 275 g/mol. The molecule has 0 saturated carbocycles. The highest BCUT2D eigenvalue weighted by Gasteiger charge is 2.16. The number of nitrogens with zero attached hydrogens (tertiary/aromatic N) is 2. The van der Waals surface area contributed by atoms with Gasteiger partial charge in [-0.05, 0) is 25.3 Å². The van der Waals surface area contributed by atoms with Crippen molar-refractivity contribution in [2.24, 2.45) is 0 Å². The van der Waals surface area contributed by atoms with Gasteiger partial charge in [0.1, 0.15) is 11.9 Å². The lowest BCUT2D eigenvalue weighted by atomic mass is 10.1. The molecule has 1 aromatic rings. The summed E-state index contributed by atoms with van der Waals surface area (Å²) in [4.78, 5) is 13.8. The number of rotatable bonds is 4. The van der Waals surface area contributed by atoms with Crippen LogP contribution in [0.5, 0.6) is 0 Å². The fourth-order valence-corrected chi connectivity index (χ4v) is 2.36. The first-order valence-electron chi connectivity index (χ1n) is 6.88. The molecule has 2 rings (SSSR count). The van der Waals surface area contributed by atoms with Gasteiger partial charge in [0, 0.05) is 25.2 Å². The van der Waals surface area contributed by atoms with Crippen molar-refractivity contribution in [3.63, 3.8) is 0 Å². The van der Waals surface area contributed by atoms with E-state index in [1.54, 1.807) is 12.1 Å². The molecule has 1 saturated heterocycles. The van der Waals surface area contributed by atoms with Crippen LogP contribution < -0.4 is 5.32 Å². The summed E-state index contributed by atoms with van der Waals surface area (Å²) >= 11 is 0. The summed E-state index contributed by atoms with van der Waals surface area (Å²) in [5.41, 5.74) is 0.446. The van der Waals surface area contributed by atoms with Crippen LogP contribution in [0.4, 0.5) is 4.39 Å². The molecule has 1 amide bonds. The normalized spacial score (nSPS) is 14.9. The molecule has 1 aliphatic rings. The Morgan fingerprint density at radius 2 is 2.10 bits per heavy atom. The van der Waals surface area contributed by atoms with Gasteiger partial charge in [-0.1, -0.05) is 12.1 Å². The van der Waals surface area contributed by atoms with Crippen molar-refractivity contribution in [2.45, 2.75) is 25.8 Å². The summed E-state index contributed by atoms with van der Waals surface area (Å²) in [5, 5.41) is 11.7. The Labute approximate surface area is 118 Å². The molecule has 5 heteroatoms. The van der Waals surface area contributed by atoms with E-state index in [4.69, 9.17) is 5.26 Å². The maximum Gasteiger partial charge on any atom is 0.236 e. The Balaban J connectivity index is 1.84. The molecule has 0 aromatic heterocycles. The number of carbonyl (C=O) groups excluding carboxylic acids is 1. The van der Waals surface area contributed by atoms with E-state index in [9.17, 15) is 9.18 Å². The molecule has 1 heterocycles. The molecule has 0 aliphatic carbocycles. The zero-order valence-electron chi connectivity index (χ0n) is 11.4. The minimum absolute atomic E-state index is 0.0339. The highest BCUT2D eigenvalue weighted by atomic mass is 19.1. The summed E-state index contributed by atoms with van der Waals surface area (Å²) in [6.45, 7) is 2.09. The van der Waals surface area contributed by atoms with Gasteiger partial charge in [0.05, 0.1) is 12.1 Å². The fraction of sp³-hybridized carbons (Fsp3) is 0.467. The number of hydrogen-bond donors (Lipinski definition) is 1. The number of piperidine rings is 1. The molecule has 1 aromatic carbocycles.